The van der Waals surface area contributed by atoms with Crippen molar-refractivity contribution in [3.8, 4) is 0 Å². The third-order valence-electron chi connectivity index (χ3n) is 3.16. The van der Waals surface area contributed by atoms with E-state index >= 15 is 0 Å². The molecule has 0 radical (unpaired) electrons. The van der Waals surface area contributed by atoms with Gasteiger partial charge in [0.15, 0.2) is 4.34 Å². The number of rotatable bonds is 7. The molecule has 0 aliphatic carbocycles. The third kappa shape index (κ3) is 6.18. The number of aromatic nitrogens is 2. The quantitative estimate of drug-likeness (QED) is 0.546. The zero-order valence-electron chi connectivity index (χ0n) is 13.8. The number of hydrogen-bond donors (Lipinski definition) is 2. The second-order valence-corrected chi connectivity index (χ2v) is 7.45. The molecule has 0 aliphatic heterocycles. The van der Waals surface area contributed by atoms with E-state index < -0.39 is 6.03 Å². The molecule has 0 aliphatic rings. The maximum absolute atomic E-state index is 12.0. The smallest absolute Gasteiger partial charge is 0.325 e. The number of carbonyl (C=O) groups is 2. The first-order chi connectivity index (χ1) is 12.0. The van der Waals surface area contributed by atoms with E-state index in [0.29, 0.717) is 39.0 Å². The van der Waals surface area contributed by atoms with Gasteiger partial charge in [-0.1, -0.05) is 34.7 Å². The Morgan fingerprint density at radius 1 is 1.16 bits per heavy atom. The lowest BCUT2D eigenvalue weighted by Crippen LogP contribution is -2.31. The van der Waals surface area contributed by atoms with Gasteiger partial charge in [-0.15, -0.1) is 10.2 Å². The number of urea groups is 1. The number of benzene rings is 1. The largest absolute Gasteiger partial charge is 0.343 e. The van der Waals surface area contributed by atoms with Crippen LogP contribution in [0.2, 0.25) is 5.02 Å². The number of anilines is 2. The van der Waals surface area contributed by atoms with Gasteiger partial charge in [0.1, 0.15) is 0 Å². The van der Waals surface area contributed by atoms with E-state index in [1.54, 1.807) is 29.2 Å². The number of carbonyl (C=O) groups excluding carboxylic acids is 2. The summed E-state index contributed by atoms with van der Waals surface area (Å²) < 4.78 is 0.627. The Hall–Kier alpha value is -1.84. The minimum absolute atomic E-state index is 0.0557. The van der Waals surface area contributed by atoms with Crippen LogP contribution in [0.5, 0.6) is 0 Å². The van der Waals surface area contributed by atoms with E-state index in [4.69, 9.17) is 11.6 Å². The first kappa shape index (κ1) is 19.5. The van der Waals surface area contributed by atoms with Gasteiger partial charge in [0, 0.05) is 23.8 Å². The zero-order valence-corrected chi connectivity index (χ0v) is 16.2. The predicted octanol–water partition coefficient (Wildman–Crippen LogP) is 3.80. The van der Waals surface area contributed by atoms with Crippen LogP contribution in [0.1, 0.15) is 13.8 Å². The molecule has 0 saturated carbocycles. The van der Waals surface area contributed by atoms with Crippen molar-refractivity contribution in [2.24, 2.45) is 0 Å². The van der Waals surface area contributed by atoms with Gasteiger partial charge in [-0.25, -0.2) is 4.79 Å². The number of halogens is 1. The van der Waals surface area contributed by atoms with E-state index in [0.717, 1.165) is 0 Å². The highest BCUT2D eigenvalue weighted by atomic mass is 35.5. The average molecular weight is 400 g/mol. The minimum Gasteiger partial charge on any atom is -0.343 e. The molecular weight excluding hydrogens is 382 g/mol. The SMILES string of the molecule is CCN(CC)C(=O)CSc1nnc(NC(=O)Nc2ccc(Cl)cc2)s1. The molecule has 1 aromatic heterocycles. The van der Waals surface area contributed by atoms with Crippen molar-refractivity contribution in [2.45, 2.75) is 18.2 Å². The van der Waals surface area contributed by atoms with E-state index in [1.165, 1.54) is 23.1 Å². The first-order valence-electron chi connectivity index (χ1n) is 7.59. The summed E-state index contributed by atoms with van der Waals surface area (Å²) in [6, 6.07) is 6.34. The Morgan fingerprint density at radius 2 is 1.84 bits per heavy atom. The summed E-state index contributed by atoms with van der Waals surface area (Å²) in [5.74, 6) is 0.355. The molecule has 134 valence electrons. The Labute approximate surface area is 159 Å². The van der Waals surface area contributed by atoms with Gasteiger partial charge in [0.25, 0.3) is 0 Å². The monoisotopic (exact) mass is 399 g/mol. The Morgan fingerprint density at radius 3 is 2.48 bits per heavy atom. The molecule has 0 bridgehead atoms. The highest BCUT2D eigenvalue weighted by molar-refractivity contribution is 8.01. The predicted molar refractivity (Wildman–Crippen MR) is 103 cm³/mol. The average Bonchev–Trinajstić information content (AvgIpc) is 3.03. The first-order valence-corrected chi connectivity index (χ1v) is 9.77. The zero-order chi connectivity index (χ0) is 18.2. The summed E-state index contributed by atoms with van der Waals surface area (Å²) in [4.78, 5) is 25.6. The maximum Gasteiger partial charge on any atom is 0.325 e. The van der Waals surface area contributed by atoms with Crippen molar-refractivity contribution in [3.63, 3.8) is 0 Å². The van der Waals surface area contributed by atoms with E-state index in [-0.39, 0.29) is 5.91 Å². The van der Waals surface area contributed by atoms with Crippen LogP contribution in [0.25, 0.3) is 0 Å². The number of thioether (sulfide) groups is 1. The van der Waals surface area contributed by atoms with Crippen molar-refractivity contribution in [1.82, 2.24) is 15.1 Å². The van der Waals surface area contributed by atoms with Gasteiger partial charge in [-0.05, 0) is 38.1 Å². The summed E-state index contributed by atoms with van der Waals surface area (Å²) in [7, 11) is 0. The van der Waals surface area contributed by atoms with Crippen LogP contribution in [0.3, 0.4) is 0 Å². The van der Waals surface area contributed by atoms with Gasteiger partial charge in [0.2, 0.25) is 11.0 Å². The fraction of sp³-hybridized carbons (Fsp3) is 0.333. The maximum atomic E-state index is 12.0. The highest BCUT2D eigenvalue weighted by Crippen LogP contribution is 2.25. The van der Waals surface area contributed by atoms with Crippen molar-refractivity contribution >= 4 is 57.5 Å². The van der Waals surface area contributed by atoms with Crippen molar-refractivity contribution < 1.29 is 9.59 Å². The molecule has 1 aromatic carbocycles. The molecular formula is C15H18ClN5O2S2. The minimum atomic E-state index is -0.422. The standard InChI is InChI=1S/C15H18ClN5O2S2/c1-3-21(4-2)12(22)9-24-15-20-19-14(25-15)18-13(23)17-11-7-5-10(16)6-8-11/h5-8H,3-4,9H2,1-2H3,(H2,17,18,19,23). The van der Waals surface area contributed by atoms with Gasteiger partial charge >= 0.3 is 6.03 Å². The van der Waals surface area contributed by atoms with Gasteiger partial charge in [-0.2, -0.15) is 0 Å². The van der Waals surface area contributed by atoms with Crippen LogP contribution in [0.15, 0.2) is 28.6 Å². The number of amides is 3. The Kier molecular flexibility index (Phi) is 7.48. The van der Waals surface area contributed by atoms with Crippen LogP contribution in [0, 0.1) is 0 Å². The lowest BCUT2D eigenvalue weighted by Gasteiger charge is -2.17. The summed E-state index contributed by atoms with van der Waals surface area (Å²) in [5.41, 5.74) is 0.617. The van der Waals surface area contributed by atoms with Gasteiger partial charge in [-0.3, -0.25) is 10.1 Å². The molecule has 0 fully saturated rings. The summed E-state index contributed by atoms with van der Waals surface area (Å²) >= 11 is 8.32. The van der Waals surface area contributed by atoms with Crippen molar-refractivity contribution in [3.05, 3.63) is 29.3 Å². The molecule has 2 rings (SSSR count). The number of nitrogens with one attached hydrogen (secondary N) is 2. The molecule has 2 N–H and O–H groups in total. The number of nitrogens with zero attached hydrogens (tertiary/aromatic N) is 3. The molecule has 7 nitrogen and oxygen atoms in total. The summed E-state index contributed by atoms with van der Waals surface area (Å²) in [6.45, 7) is 5.25. The van der Waals surface area contributed by atoms with Crippen LogP contribution < -0.4 is 10.6 Å². The molecule has 25 heavy (non-hydrogen) atoms. The normalized spacial score (nSPS) is 10.4. The molecule has 10 heteroatoms. The third-order valence-corrected chi connectivity index (χ3v) is 5.37. The Balaban J connectivity index is 1.83. The van der Waals surface area contributed by atoms with Crippen LogP contribution >= 0.6 is 34.7 Å². The lowest BCUT2D eigenvalue weighted by atomic mass is 10.3. The van der Waals surface area contributed by atoms with Gasteiger partial charge < -0.3 is 10.2 Å². The fourth-order valence-corrected chi connectivity index (χ4v) is 3.68. The van der Waals surface area contributed by atoms with Crippen molar-refractivity contribution in [1.29, 1.82) is 0 Å². The molecule has 0 saturated heterocycles. The molecule has 0 atom stereocenters. The second kappa shape index (κ2) is 9.59. The molecule has 0 unspecified atom stereocenters. The van der Waals surface area contributed by atoms with E-state index in [9.17, 15) is 9.59 Å². The van der Waals surface area contributed by atoms with Crippen LogP contribution in [-0.2, 0) is 4.79 Å². The van der Waals surface area contributed by atoms with E-state index in [1.807, 2.05) is 13.8 Å². The number of hydrogen-bond acceptors (Lipinski definition) is 6. The van der Waals surface area contributed by atoms with E-state index in [2.05, 4.69) is 20.8 Å². The van der Waals surface area contributed by atoms with Gasteiger partial charge in [0.05, 0.1) is 5.75 Å². The molecule has 0 spiro atoms. The highest BCUT2D eigenvalue weighted by Gasteiger charge is 2.13. The van der Waals surface area contributed by atoms with Crippen LogP contribution in [0.4, 0.5) is 15.6 Å². The Bertz CT molecular complexity index is 719. The molecule has 1 heterocycles. The van der Waals surface area contributed by atoms with Crippen molar-refractivity contribution in [2.75, 3.05) is 29.5 Å². The summed E-state index contributed by atoms with van der Waals surface area (Å²) in [6.07, 6.45) is 0. The second-order valence-electron chi connectivity index (χ2n) is 4.81. The summed E-state index contributed by atoms with van der Waals surface area (Å²) in [5, 5.41) is 14.1. The molecule has 2 aromatic rings. The topological polar surface area (TPSA) is 87.2 Å². The van der Waals surface area contributed by atoms with Crippen LogP contribution in [-0.4, -0.2) is 45.9 Å². The fourth-order valence-electron chi connectivity index (χ4n) is 1.90. The molecule has 3 amide bonds. The lowest BCUT2D eigenvalue weighted by molar-refractivity contribution is -0.127.